The Morgan fingerprint density at radius 2 is 1.80 bits per heavy atom. The molecule has 0 radical (unpaired) electrons. The second-order valence-corrected chi connectivity index (χ2v) is 4.34. The van der Waals surface area contributed by atoms with Crippen LogP contribution in [0.4, 0.5) is 0 Å². The molecule has 1 aromatic heterocycles. The molecule has 0 amide bonds. The van der Waals surface area contributed by atoms with Gasteiger partial charge in [-0.1, -0.05) is 24.3 Å². The summed E-state index contributed by atoms with van der Waals surface area (Å²) in [5.41, 5.74) is 1.58. The van der Waals surface area contributed by atoms with Crippen molar-refractivity contribution >= 4 is 22.6 Å². The van der Waals surface area contributed by atoms with Crippen molar-refractivity contribution < 1.29 is 5.11 Å². The van der Waals surface area contributed by atoms with E-state index < -0.39 is 6.10 Å². The molecule has 2 rings (SSSR count). The van der Waals surface area contributed by atoms with Gasteiger partial charge in [-0.15, -0.1) is 0 Å². The van der Waals surface area contributed by atoms with Gasteiger partial charge >= 0.3 is 0 Å². The molecule has 1 heterocycles. The molecular weight excluding hydrogens is 301 g/mol. The monoisotopic (exact) mass is 311 g/mol. The highest BCUT2D eigenvalue weighted by Crippen LogP contribution is 2.24. The lowest BCUT2D eigenvalue weighted by Crippen LogP contribution is -2.03. The minimum atomic E-state index is -0.640. The maximum absolute atomic E-state index is 10.1. The summed E-state index contributed by atoms with van der Waals surface area (Å²) in [7, 11) is 0. The lowest BCUT2D eigenvalue weighted by molar-refractivity contribution is 0.214. The van der Waals surface area contributed by atoms with E-state index in [1.165, 1.54) is 0 Å². The number of benzene rings is 1. The van der Waals surface area contributed by atoms with Gasteiger partial charge in [0.2, 0.25) is 0 Å². The number of aliphatic hydroxyl groups is 1. The Bertz CT molecular complexity index is 444. The van der Waals surface area contributed by atoms with E-state index in [0.29, 0.717) is 5.69 Å². The van der Waals surface area contributed by atoms with Gasteiger partial charge in [0.1, 0.15) is 6.10 Å². The van der Waals surface area contributed by atoms with Gasteiger partial charge in [0.25, 0.3) is 0 Å². The zero-order chi connectivity index (χ0) is 10.7. The normalized spacial score (nSPS) is 12.4. The zero-order valence-corrected chi connectivity index (χ0v) is 10.1. The summed E-state index contributed by atoms with van der Waals surface area (Å²) in [5, 5.41) is 10.1. The number of halogens is 1. The number of aromatic nitrogens is 1. The van der Waals surface area contributed by atoms with Gasteiger partial charge in [-0.05, 0) is 46.4 Å². The predicted molar refractivity (Wildman–Crippen MR) is 67.5 cm³/mol. The maximum Gasteiger partial charge on any atom is 0.122 e. The average Bonchev–Trinajstić information content (AvgIpc) is 2.30. The quantitative estimate of drug-likeness (QED) is 0.865. The van der Waals surface area contributed by atoms with E-state index in [1.807, 2.05) is 42.5 Å². The fourth-order valence-electron chi connectivity index (χ4n) is 1.39. The summed E-state index contributed by atoms with van der Waals surface area (Å²) in [6.45, 7) is 0. The van der Waals surface area contributed by atoms with Crippen LogP contribution in [-0.2, 0) is 0 Å². The molecule has 0 saturated heterocycles. The van der Waals surface area contributed by atoms with E-state index in [9.17, 15) is 5.11 Å². The third kappa shape index (κ3) is 2.35. The van der Waals surface area contributed by atoms with Crippen molar-refractivity contribution in [3.63, 3.8) is 0 Å². The highest BCUT2D eigenvalue weighted by molar-refractivity contribution is 14.1. The van der Waals surface area contributed by atoms with E-state index in [1.54, 1.807) is 6.20 Å². The number of hydrogen-bond donors (Lipinski definition) is 1. The summed E-state index contributed by atoms with van der Waals surface area (Å²) >= 11 is 2.21. The largest absolute Gasteiger partial charge is 0.382 e. The number of pyridine rings is 1. The Morgan fingerprint density at radius 1 is 1.07 bits per heavy atom. The fraction of sp³-hybridized carbons (Fsp3) is 0.0833. The number of hydrogen-bond acceptors (Lipinski definition) is 2. The van der Waals surface area contributed by atoms with Crippen LogP contribution in [0.25, 0.3) is 0 Å². The molecule has 3 heteroatoms. The molecule has 76 valence electrons. The Balaban J connectivity index is 2.37. The van der Waals surface area contributed by atoms with Gasteiger partial charge in [-0.25, -0.2) is 0 Å². The topological polar surface area (TPSA) is 33.1 Å². The van der Waals surface area contributed by atoms with Crippen molar-refractivity contribution in [2.45, 2.75) is 6.10 Å². The molecular formula is C12H10INO. The van der Waals surface area contributed by atoms with Crippen LogP contribution in [0.15, 0.2) is 48.7 Å². The lowest BCUT2D eigenvalue weighted by atomic mass is 10.1. The van der Waals surface area contributed by atoms with E-state index in [4.69, 9.17) is 0 Å². The van der Waals surface area contributed by atoms with Crippen molar-refractivity contribution in [1.29, 1.82) is 0 Å². The first kappa shape index (κ1) is 10.6. The molecule has 0 saturated carbocycles. The maximum atomic E-state index is 10.1. The molecule has 0 aliphatic heterocycles. The second-order valence-electron chi connectivity index (χ2n) is 3.18. The zero-order valence-electron chi connectivity index (χ0n) is 7.97. The Morgan fingerprint density at radius 3 is 2.47 bits per heavy atom. The van der Waals surface area contributed by atoms with Crippen molar-refractivity contribution in [3.05, 3.63) is 63.5 Å². The molecule has 0 aliphatic rings. The van der Waals surface area contributed by atoms with Crippen molar-refractivity contribution in [3.8, 4) is 0 Å². The first-order valence-corrected chi connectivity index (χ1v) is 5.70. The first-order chi connectivity index (χ1) is 7.29. The second kappa shape index (κ2) is 4.72. The van der Waals surface area contributed by atoms with E-state index in [-0.39, 0.29) is 0 Å². The lowest BCUT2D eigenvalue weighted by Gasteiger charge is -2.11. The molecule has 1 atom stereocenters. The van der Waals surface area contributed by atoms with Gasteiger partial charge in [-0.2, -0.15) is 0 Å². The molecule has 0 spiro atoms. The minimum Gasteiger partial charge on any atom is -0.382 e. The van der Waals surface area contributed by atoms with E-state index in [2.05, 4.69) is 27.6 Å². The van der Waals surface area contributed by atoms with Crippen LogP contribution in [0.3, 0.4) is 0 Å². The molecule has 2 nitrogen and oxygen atoms in total. The van der Waals surface area contributed by atoms with Crippen LogP contribution in [-0.4, -0.2) is 10.1 Å². The average molecular weight is 311 g/mol. The van der Waals surface area contributed by atoms with Crippen LogP contribution in [0.1, 0.15) is 17.4 Å². The van der Waals surface area contributed by atoms with Gasteiger partial charge in [0.05, 0.1) is 5.69 Å². The van der Waals surface area contributed by atoms with Gasteiger partial charge in [0, 0.05) is 9.77 Å². The molecule has 1 N–H and O–H groups in total. The third-order valence-corrected chi connectivity index (χ3v) is 3.15. The molecule has 0 unspecified atom stereocenters. The Kier molecular flexibility index (Phi) is 3.33. The van der Waals surface area contributed by atoms with Gasteiger partial charge in [-0.3, -0.25) is 4.98 Å². The molecule has 1 aromatic carbocycles. The smallest absolute Gasteiger partial charge is 0.122 e. The summed E-state index contributed by atoms with van der Waals surface area (Å²) in [4.78, 5) is 4.14. The molecule has 0 aliphatic carbocycles. The molecule has 2 aromatic rings. The summed E-state index contributed by atoms with van der Waals surface area (Å²) in [6, 6.07) is 13.3. The van der Waals surface area contributed by atoms with Crippen LogP contribution < -0.4 is 0 Å². The minimum absolute atomic E-state index is 0.640. The Labute approximate surface area is 102 Å². The fourth-order valence-corrected chi connectivity index (χ4v) is 2.08. The van der Waals surface area contributed by atoms with Crippen molar-refractivity contribution in [2.75, 3.05) is 0 Å². The van der Waals surface area contributed by atoms with Crippen LogP contribution >= 0.6 is 22.6 Å². The predicted octanol–water partition coefficient (Wildman–Crippen LogP) is 2.77. The molecule has 0 fully saturated rings. The van der Waals surface area contributed by atoms with Gasteiger partial charge < -0.3 is 5.11 Å². The van der Waals surface area contributed by atoms with Crippen molar-refractivity contribution in [2.24, 2.45) is 0 Å². The van der Waals surface area contributed by atoms with Crippen molar-refractivity contribution in [1.82, 2.24) is 4.98 Å². The number of rotatable bonds is 2. The van der Waals surface area contributed by atoms with Crippen LogP contribution in [0, 0.1) is 3.57 Å². The summed E-state index contributed by atoms with van der Waals surface area (Å²) in [6.07, 6.45) is 1.05. The number of nitrogens with zero attached hydrogens (tertiary/aromatic N) is 1. The SMILES string of the molecule is O[C@@H](c1ccccn1)c1ccccc1I. The summed E-state index contributed by atoms with van der Waals surface area (Å²) in [5.74, 6) is 0. The Hall–Kier alpha value is -0.940. The summed E-state index contributed by atoms with van der Waals surface area (Å²) < 4.78 is 1.05. The number of aliphatic hydroxyl groups excluding tert-OH is 1. The molecule has 15 heavy (non-hydrogen) atoms. The third-order valence-electron chi connectivity index (χ3n) is 2.17. The first-order valence-electron chi connectivity index (χ1n) is 4.62. The van der Waals surface area contributed by atoms with E-state index >= 15 is 0 Å². The highest BCUT2D eigenvalue weighted by atomic mass is 127. The van der Waals surface area contributed by atoms with E-state index in [0.717, 1.165) is 9.13 Å². The highest BCUT2D eigenvalue weighted by Gasteiger charge is 2.13. The van der Waals surface area contributed by atoms with Crippen LogP contribution in [0.2, 0.25) is 0 Å². The molecule has 0 bridgehead atoms. The standard InChI is InChI=1S/C12H10INO/c13-10-6-2-1-5-9(10)12(15)11-7-3-4-8-14-11/h1-8,12,15H/t12-/m1/s1. The van der Waals surface area contributed by atoms with Crippen LogP contribution in [0.5, 0.6) is 0 Å². The van der Waals surface area contributed by atoms with Gasteiger partial charge in [0.15, 0.2) is 0 Å².